The van der Waals surface area contributed by atoms with Crippen LogP contribution in [0.2, 0.25) is 0 Å². The summed E-state index contributed by atoms with van der Waals surface area (Å²) in [4.78, 5) is 0. The minimum atomic E-state index is -0.954. The Hall–Kier alpha value is -1.02. The van der Waals surface area contributed by atoms with Gasteiger partial charge in [-0.15, -0.1) is 17.0 Å². The molecule has 238 valence electrons. The molecule has 3 aromatic carbocycles. The molecule has 1 N–H and O–H groups in total. The Labute approximate surface area is 290 Å². The van der Waals surface area contributed by atoms with Gasteiger partial charge in [0.25, 0.3) is 0 Å². The maximum Gasteiger partial charge on any atom is 0.121 e. The highest BCUT2D eigenvalue weighted by Crippen LogP contribution is 2.57. The molecule has 6 rings (SSSR count). The number of aliphatic hydroxyl groups is 1. The molecule has 0 saturated carbocycles. The lowest BCUT2D eigenvalue weighted by Crippen LogP contribution is -3.00. The highest BCUT2D eigenvalue weighted by Gasteiger charge is 2.60. The first-order valence-corrected chi connectivity index (χ1v) is 16.8. The summed E-state index contributed by atoms with van der Waals surface area (Å²) < 4.78 is 8.28. The van der Waals surface area contributed by atoms with Crippen molar-refractivity contribution in [3.05, 3.63) is 106 Å². The van der Waals surface area contributed by atoms with Crippen molar-refractivity contribution < 1.29 is 31.3 Å². The van der Waals surface area contributed by atoms with E-state index in [4.69, 9.17) is 4.74 Å². The van der Waals surface area contributed by atoms with Crippen LogP contribution in [0.1, 0.15) is 88.3 Å². The minimum Gasteiger partial charge on any atom is -1.00 e. The van der Waals surface area contributed by atoms with Crippen LogP contribution in [0.25, 0.3) is 0 Å². The van der Waals surface area contributed by atoms with Crippen LogP contribution in [0.3, 0.4) is 0 Å². The van der Waals surface area contributed by atoms with Crippen molar-refractivity contribution in [3.8, 4) is 0 Å². The fourth-order valence-corrected chi connectivity index (χ4v) is 7.23. The number of piperidine rings is 3. The predicted molar refractivity (Wildman–Crippen MR) is 185 cm³/mol. The quantitative estimate of drug-likeness (QED) is 0.152. The van der Waals surface area contributed by atoms with E-state index >= 15 is 0 Å². The number of hydrogen-bond donors (Lipinski definition) is 1. The Morgan fingerprint density at radius 3 is 1.65 bits per heavy atom. The van der Waals surface area contributed by atoms with Crippen LogP contribution in [0.4, 0.5) is 0 Å². The largest absolute Gasteiger partial charge is 1.00 e. The van der Waals surface area contributed by atoms with Gasteiger partial charge in [0, 0.05) is 29.2 Å². The molecule has 0 radical (unpaired) electrons. The van der Waals surface area contributed by atoms with E-state index in [1.165, 1.54) is 44.1 Å². The third-order valence-corrected chi connectivity index (χ3v) is 10.2. The van der Waals surface area contributed by atoms with Crippen molar-refractivity contribution in [1.82, 2.24) is 0 Å². The van der Waals surface area contributed by atoms with Gasteiger partial charge in [-0.2, -0.15) is 0 Å². The van der Waals surface area contributed by atoms with E-state index in [1.54, 1.807) is 0 Å². The van der Waals surface area contributed by atoms with E-state index in [0.717, 1.165) is 72.1 Å². The van der Waals surface area contributed by atoms with E-state index in [-0.39, 0.29) is 39.4 Å². The average Bonchev–Trinajstić information content (AvgIpc) is 3.04. The molecule has 3 aliphatic heterocycles. The highest BCUT2D eigenvalue weighted by atomic mass is 79.9. The highest BCUT2D eigenvalue weighted by molar-refractivity contribution is 9.10. The van der Waals surface area contributed by atoms with Crippen molar-refractivity contribution >= 4 is 32.9 Å². The summed E-state index contributed by atoms with van der Waals surface area (Å²) in [5.74, 6) is 0. The number of hydrogen-bond acceptors (Lipinski definition) is 2. The van der Waals surface area contributed by atoms with Gasteiger partial charge < -0.3 is 31.3 Å². The van der Waals surface area contributed by atoms with Crippen molar-refractivity contribution in [2.24, 2.45) is 5.41 Å². The second kappa shape index (κ2) is 18.8. The van der Waals surface area contributed by atoms with Crippen molar-refractivity contribution in [3.63, 3.8) is 0 Å². The Morgan fingerprint density at radius 1 is 0.744 bits per heavy atom. The van der Waals surface area contributed by atoms with Gasteiger partial charge >= 0.3 is 0 Å². The Kier molecular flexibility index (Phi) is 16.7. The zero-order valence-electron chi connectivity index (χ0n) is 26.2. The second-order valence-electron chi connectivity index (χ2n) is 12.3. The number of benzene rings is 3. The third kappa shape index (κ3) is 9.73. The number of halogens is 3. The lowest BCUT2D eigenvalue weighted by Gasteiger charge is -2.60. The van der Waals surface area contributed by atoms with Gasteiger partial charge in [-0.3, -0.25) is 0 Å². The van der Waals surface area contributed by atoms with Crippen LogP contribution in [0.15, 0.2) is 89.4 Å². The maximum atomic E-state index is 12.5. The zero-order chi connectivity index (χ0) is 29.0. The smallest absolute Gasteiger partial charge is 0.121 e. The molecule has 0 amide bonds. The van der Waals surface area contributed by atoms with Gasteiger partial charge in [0.2, 0.25) is 0 Å². The van der Waals surface area contributed by atoms with Gasteiger partial charge in [-0.25, -0.2) is 0 Å². The molecule has 3 aliphatic rings. The molecule has 2 bridgehead atoms. The number of quaternary nitrogens is 1. The summed E-state index contributed by atoms with van der Waals surface area (Å²) in [6.45, 7) is 10.4. The van der Waals surface area contributed by atoms with Crippen LogP contribution >= 0.6 is 32.9 Å². The zero-order valence-corrected chi connectivity index (χ0v) is 31.0. The molecule has 6 heteroatoms. The maximum absolute atomic E-state index is 12.5. The van der Waals surface area contributed by atoms with Gasteiger partial charge in [0.15, 0.2) is 0 Å². The van der Waals surface area contributed by atoms with Gasteiger partial charge in [0.1, 0.15) is 12.1 Å². The lowest BCUT2D eigenvalue weighted by molar-refractivity contribution is -0.946. The van der Waals surface area contributed by atoms with Crippen LogP contribution < -0.4 is 17.0 Å². The normalized spacial score (nSPS) is 20.7. The van der Waals surface area contributed by atoms with E-state index < -0.39 is 5.60 Å². The fraction of sp³-hybridized carbons (Fsp3) is 0.514. The van der Waals surface area contributed by atoms with Crippen molar-refractivity contribution in [2.75, 3.05) is 32.8 Å². The molecular formula is C37H52Br3NO2. The number of rotatable bonds is 13. The SMILES string of the molecule is Br.CCCCCCCC.OC(c1ccccc1)(c1ccccc1)C12CC[N+](CCOCc3ccc(Br)cc3)(CC1)CC2.[Br-]. The molecule has 3 saturated heterocycles. The number of unbranched alkanes of at least 4 members (excludes halogenated alkanes) is 5. The van der Waals surface area contributed by atoms with Gasteiger partial charge in [-0.05, 0) is 28.8 Å². The van der Waals surface area contributed by atoms with E-state index in [1.807, 2.05) is 12.1 Å². The number of nitrogens with zero attached hydrogens (tertiary/aromatic N) is 1. The van der Waals surface area contributed by atoms with Crippen LogP contribution in [-0.2, 0) is 16.9 Å². The topological polar surface area (TPSA) is 29.5 Å². The monoisotopic (exact) mass is 779 g/mol. The first kappa shape index (κ1) is 38.2. The molecule has 3 heterocycles. The molecule has 0 atom stereocenters. The molecule has 43 heavy (non-hydrogen) atoms. The number of ether oxygens (including phenoxy) is 1. The minimum absolute atomic E-state index is 0. The predicted octanol–water partition coefficient (Wildman–Crippen LogP) is 6.85. The first-order chi connectivity index (χ1) is 20.0. The summed E-state index contributed by atoms with van der Waals surface area (Å²) in [5, 5.41) is 12.5. The Bertz CT molecular complexity index is 1090. The number of fused-ring (bicyclic) bond motifs is 3. The molecule has 0 unspecified atom stereocenters. The van der Waals surface area contributed by atoms with Crippen molar-refractivity contribution in [1.29, 1.82) is 0 Å². The lowest BCUT2D eigenvalue weighted by atomic mass is 9.56. The molecule has 3 fully saturated rings. The summed E-state index contributed by atoms with van der Waals surface area (Å²) in [6.07, 6.45) is 11.6. The average molecular weight is 783 g/mol. The van der Waals surface area contributed by atoms with Gasteiger partial charge in [0.05, 0.1) is 32.8 Å². The third-order valence-electron chi connectivity index (χ3n) is 9.69. The van der Waals surface area contributed by atoms with E-state index in [0.29, 0.717) is 6.61 Å². The van der Waals surface area contributed by atoms with Crippen molar-refractivity contribution in [2.45, 2.75) is 83.8 Å². The molecule has 3 aromatic rings. The first-order valence-electron chi connectivity index (χ1n) is 16.0. The molecule has 0 aromatic heterocycles. The summed E-state index contributed by atoms with van der Waals surface area (Å²) in [6, 6.07) is 29.0. The van der Waals surface area contributed by atoms with Crippen LogP contribution in [-0.4, -0.2) is 42.4 Å². The Balaban J connectivity index is 0.000000572. The molecule has 0 aliphatic carbocycles. The molecule has 0 spiro atoms. The fourth-order valence-electron chi connectivity index (χ4n) is 6.96. The standard InChI is InChI=1S/C29H33BrNO2.C8H18.2BrH/c30-27-13-11-24(12-14-27)23-33-22-21-31-18-15-28(16-19-31,17-20-31)29(32,25-7-3-1-4-8-25)26-9-5-2-6-10-26;1-3-5-7-8-6-4-2;;/h1-14,32H,15-23H2;3-8H2,1-2H3;2*1H/q+1;;;/p-1. The Morgan fingerprint density at radius 2 is 1.21 bits per heavy atom. The van der Waals surface area contributed by atoms with E-state index in [2.05, 4.69) is 103 Å². The van der Waals surface area contributed by atoms with Gasteiger partial charge in [-0.1, -0.05) is 141 Å². The second-order valence-corrected chi connectivity index (χ2v) is 13.2. The summed E-state index contributed by atoms with van der Waals surface area (Å²) in [5.41, 5.74) is 2.19. The summed E-state index contributed by atoms with van der Waals surface area (Å²) in [7, 11) is 0. The van der Waals surface area contributed by atoms with E-state index in [9.17, 15) is 5.11 Å². The molecule has 3 nitrogen and oxygen atoms in total. The molecular weight excluding hydrogens is 730 g/mol. The van der Waals surface area contributed by atoms with Crippen LogP contribution in [0, 0.1) is 5.41 Å². The summed E-state index contributed by atoms with van der Waals surface area (Å²) >= 11 is 3.49. The van der Waals surface area contributed by atoms with Crippen LogP contribution in [0.5, 0.6) is 0 Å².